The van der Waals surface area contributed by atoms with E-state index in [0.29, 0.717) is 5.69 Å². The van der Waals surface area contributed by atoms with Crippen LogP contribution in [0.2, 0.25) is 0 Å². The number of anilines is 2. The molecule has 1 aliphatic heterocycles. The largest absolute Gasteiger partial charge is 0.418 e. The van der Waals surface area contributed by atoms with Gasteiger partial charge in [0.2, 0.25) is 11.8 Å². The molecule has 4 rings (SSSR count). The number of carbonyl (C=O) groups excluding carboxylic acids is 2. The van der Waals surface area contributed by atoms with E-state index in [2.05, 4.69) is 5.32 Å². The molecule has 1 aliphatic rings. The van der Waals surface area contributed by atoms with Crippen molar-refractivity contribution >= 4 is 34.0 Å². The minimum Gasteiger partial charge on any atom is -0.325 e. The van der Waals surface area contributed by atoms with Crippen LogP contribution in [-0.4, -0.2) is 18.4 Å². The van der Waals surface area contributed by atoms with Crippen LogP contribution in [0.15, 0.2) is 66.7 Å². The zero-order chi connectivity index (χ0) is 20.6. The Kier molecular flexibility index (Phi) is 4.74. The maximum atomic E-state index is 13.2. The van der Waals surface area contributed by atoms with Crippen molar-refractivity contribution in [2.75, 3.05) is 16.8 Å². The summed E-state index contributed by atoms with van der Waals surface area (Å²) in [7, 11) is 0. The molecule has 2 amide bonds. The molecular weight excluding hydrogens is 381 g/mol. The third-order valence-corrected chi connectivity index (χ3v) is 5.04. The van der Waals surface area contributed by atoms with E-state index in [0.717, 1.165) is 16.8 Å². The van der Waals surface area contributed by atoms with Gasteiger partial charge in [-0.2, -0.15) is 13.2 Å². The molecule has 1 heterocycles. The van der Waals surface area contributed by atoms with Gasteiger partial charge in [-0.25, -0.2) is 0 Å². The lowest BCUT2D eigenvalue weighted by Crippen LogP contribution is -2.28. The summed E-state index contributed by atoms with van der Waals surface area (Å²) in [5.74, 6) is -1.56. The van der Waals surface area contributed by atoms with Gasteiger partial charge in [-0.3, -0.25) is 9.59 Å². The van der Waals surface area contributed by atoms with Crippen molar-refractivity contribution in [3.8, 4) is 0 Å². The topological polar surface area (TPSA) is 49.4 Å². The Balaban J connectivity index is 1.57. The minimum atomic E-state index is -4.58. The number of amides is 2. The minimum absolute atomic E-state index is 0.0523. The summed E-state index contributed by atoms with van der Waals surface area (Å²) < 4.78 is 39.5. The normalized spacial score (nSPS) is 17.0. The first-order chi connectivity index (χ1) is 13.8. The van der Waals surface area contributed by atoms with Crippen LogP contribution in [0, 0.1) is 5.92 Å². The van der Waals surface area contributed by atoms with Crippen LogP contribution in [0.25, 0.3) is 10.8 Å². The Bertz CT molecular complexity index is 1090. The number of hydrogen-bond acceptors (Lipinski definition) is 2. The summed E-state index contributed by atoms with van der Waals surface area (Å²) >= 11 is 0. The Morgan fingerprint density at radius 3 is 2.45 bits per heavy atom. The molecule has 0 bridgehead atoms. The van der Waals surface area contributed by atoms with Crippen LogP contribution in [-0.2, 0) is 15.8 Å². The molecule has 0 radical (unpaired) electrons. The lowest BCUT2D eigenvalue weighted by atomic mass is 10.1. The standard InChI is InChI=1S/C22H17F3N2O2/c23-22(24,25)17-9-3-4-10-18(17)26-21(29)15-12-20(28)27(13-15)19-11-5-7-14-6-1-2-8-16(14)19/h1-11,15H,12-13H2,(H,26,29)/t15-/m1/s1. The average Bonchev–Trinajstić information content (AvgIpc) is 3.09. The van der Waals surface area contributed by atoms with Gasteiger partial charge >= 0.3 is 6.18 Å². The van der Waals surface area contributed by atoms with Gasteiger partial charge < -0.3 is 10.2 Å². The summed E-state index contributed by atoms with van der Waals surface area (Å²) in [4.78, 5) is 26.7. The molecule has 0 unspecified atom stereocenters. The van der Waals surface area contributed by atoms with Crippen molar-refractivity contribution in [2.24, 2.45) is 5.92 Å². The van der Waals surface area contributed by atoms with Crippen molar-refractivity contribution in [3.63, 3.8) is 0 Å². The number of nitrogens with zero attached hydrogens (tertiary/aromatic N) is 1. The molecule has 0 aliphatic carbocycles. The fourth-order valence-electron chi connectivity index (χ4n) is 3.63. The van der Waals surface area contributed by atoms with Crippen LogP contribution in [0.1, 0.15) is 12.0 Å². The molecule has 7 heteroatoms. The molecule has 0 saturated carbocycles. The molecule has 1 N–H and O–H groups in total. The number of nitrogens with one attached hydrogen (secondary N) is 1. The van der Waals surface area contributed by atoms with Gasteiger partial charge in [0.25, 0.3) is 0 Å². The van der Waals surface area contributed by atoms with E-state index in [-0.39, 0.29) is 24.6 Å². The highest BCUT2D eigenvalue weighted by atomic mass is 19.4. The summed E-state index contributed by atoms with van der Waals surface area (Å²) in [5, 5.41) is 4.20. The average molecular weight is 398 g/mol. The van der Waals surface area contributed by atoms with Crippen molar-refractivity contribution < 1.29 is 22.8 Å². The van der Waals surface area contributed by atoms with Gasteiger partial charge in [-0.15, -0.1) is 0 Å². The predicted molar refractivity (Wildman–Crippen MR) is 104 cm³/mol. The van der Waals surface area contributed by atoms with Crippen LogP contribution in [0.3, 0.4) is 0 Å². The Labute approximate surface area is 164 Å². The maximum absolute atomic E-state index is 13.2. The first kappa shape index (κ1) is 19.0. The highest BCUT2D eigenvalue weighted by Crippen LogP contribution is 2.36. The second-order valence-electron chi connectivity index (χ2n) is 6.94. The smallest absolute Gasteiger partial charge is 0.325 e. The number of rotatable bonds is 3. The summed E-state index contributed by atoms with van der Waals surface area (Å²) in [5.41, 5.74) is -0.524. The van der Waals surface area contributed by atoms with Crippen molar-refractivity contribution in [3.05, 3.63) is 72.3 Å². The third-order valence-electron chi connectivity index (χ3n) is 5.04. The first-order valence-corrected chi connectivity index (χ1v) is 9.10. The number of alkyl halides is 3. The molecule has 1 atom stereocenters. The lowest BCUT2D eigenvalue weighted by Gasteiger charge is -2.19. The van der Waals surface area contributed by atoms with E-state index < -0.39 is 23.6 Å². The zero-order valence-corrected chi connectivity index (χ0v) is 15.2. The number of hydrogen-bond donors (Lipinski definition) is 1. The van der Waals surface area contributed by atoms with Gasteiger partial charge in [0.05, 0.1) is 22.9 Å². The number of benzene rings is 3. The van der Waals surface area contributed by atoms with E-state index in [1.54, 1.807) is 6.07 Å². The molecule has 0 aromatic heterocycles. The first-order valence-electron chi connectivity index (χ1n) is 9.10. The highest BCUT2D eigenvalue weighted by molar-refractivity contribution is 6.08. The number of para-hydroxylation sites is 1. The van der Waals surface area contributed by atoms with Gasteiger partial charge in [-0.1, -0.05) is 48.5 Å². The number of carbonyl (C=O) groups is 2. The Hall–Kier alpha value is -3.35. The van der Waals surface area contributed by atoms with E-state index in [1.807, 2.05) is 36.4 Å². The fourth-order valence-corrected chi connectivity index (χ4v) is 3.63. The molecule has 4 nitrogen and oxygen atoms in total. The monoisotopic (exact) mass is 398 g/mol. The van der Waals surface area contributed by atoms with Crippen molar-refractivity contribution in [1.29, 1.82) is 0 Å². The van der Waals surface area contributed by atoms with Crippen LogP contribution >= 0.6 is 0 Å². The zero-order valence-electron chi connectivity index (χ0n) is 15.2. The molecular formula is C22H17F3N2O2. The molecule has 3 aromatic carbocycles. The summed E-state index contributed by atoms with van der Waals surface area (Å²) in [6.07, 6.45) is -4.63. The van der Waals surface area contributed by atoms with E-state index in [9.17, 15) is 22.8 Å². The van der Waals surface area contributed by atoms with Crippen LogP contribution in [0.4, 0.5) is 24.5 Å². The Morgan fingerprint density at radius 2 is 1.66 bits per heavy atom. The van der Waals surface area contributed by atoms with Gasteiger partial charge in [0, 0.05) is 18.4 Å². The summed E-state index contributed by atoms with van der Waals surface area (Å²) in [6, 6.07) is 18.0. The molecule has 29 heavy (non-hydrogen) atoms. The maximum Gasteiger partial charge on any atom is 0.418 e. The second kappa shape index (κ2) is 7.24. The van der Waals surface area contributed by atoms with E-state index >= 15 is 0 Å². The predicted octanol–water partition coefficient (Wildman–Crippen LogP) is 4.85. The number of fused-ring (bicyclic) bond motifs is 1. The van der Waals surface area contributed by atoms with Gasteiger partial charge in [0.1, 0.15) is 0 Å². The Morgan fingerprint density at radius 1 is 0.966 bits per heavy atom. The van der Waals surface area contributed by atoms with E-state index in [4.69, 9.17) is 0 Å². The summed E-state index contributed by atoms with van der Waals surface area (Å²) in [6.45, 7) is 0.118. The highest BCUT2D eigenvalue weighted by Gasteiger charge is 2.38. The fraction of sp³-hybridized carbons (Fsp3) is 0.182. The SMILES string of the molecule is O=C(Nc1ccccc1C(F)(F)F)[C@@H]1CC(=O)N(c2cccc3ccccc23)C1. The van der Waals surface area contributed by atoms with E-state index in [1.165, 1.54) is 23.1 Å². The van der Waals surface area contributed by atoms with Crippen LogP contribution < -0.4 is 10.2 Å². The quantitative estimate of drug-likeness (QED) is 0.686. The molecule has 3 aromatic rings. The van der Waals surface area contributed by atoms with Gasteiger partial charge in [-0.05, 0) is 23.6 Å². The second-order valence-corrected chi connectivity index (χ2v) is 6.94. The van der Waals surface area contributed by atoms with Crippen molar-refractivity contribution in [2.45, 2.75) is 12.6 Å². The van der Waals surface area contributed by atoms with Gasteiger partial charge in [0.15, 0.2) is 0 Å². The van der Waals surface area contributed by atoms with Crippen molar-refractivity contribution in [1.82, 2.24) is 0 Å². The third kappa shape index (κ3) is 3.68. The lowest BCUT2D eigenvalue weighted by molar-refractivity contribution is -0.137. The number of halogens is 3. The molecule has 1 saturated heterocycles. The molecule has 148 valence electrons. The molecule has 0 spiro atoms. The molecule has 1 fully saturated rings. The van der Waals surface area contributed by atoms with Crippen LogP contribution in [0.5, 0.6) is 0 Å².